The van der Waals surface area contributed by atoms with Crippen molar-refractivity contribution in [1.82, 2.24) is 14.5 Å². The number of amidine groups is 1. The fraction of sp³-hybridized carbons (Fsp3) is 0.417. The van der Waals surface area contributed by atoms with Crippen LogP contribution >= 0.6 is 27.5 Å². The lowest BCUT2D eigenvalue weighted by molar-refractivity contribution is 0.183. The minimum atomic E-state index is -0.415. The van der Waals surface area contributed by atoms with Crippen LogP contribution in [0.25, 0.3) is 5.52 Å². The molecule has 3 aromatic rings. The SMILES string of the molecule is NC(=Nc1cc(F)ccc1Cl)c1cnn2cc(Br)cc2c1NCC1CCN(CC2CC2)CC1. The Kier molecular flexibility index (Phi) is 6.58. The number of piperidine rings is 1. The predicted octanol–water partition coefficient (Wildman–Crippen LogP) is 5.46. The van der Waals surface area contributed by atoms with E-state index in [4.69, 9.17) is 17.3 Å². The lowest BCUT2D eigenvalue weighted by atomic mass is 9.96. The first-order chi connectivity index (χ1) is 16.0. The van der Waals surface area contributed by atoms with Gasteiger partial charge < -0.3 is 16.0 Å². The van der Waals surface area contributed by atoms with E-state index in [0.717, 1.165) is 28.1 Å². The van der Waals surface area contributed by atoms with Crippen LogP contribution in [0.5, 0.6) is 0 Å². The molecule has 3 N–H and O–H groups in total. The van der Waals surface area contributed by atoms with Crippen LogP contribution in [-0.4, -0.2) is 46.5 Å². The van der Waals surface area contributed by atoms with Gasteiger partial charge in [-0.25, -0.2) is 13.9 Å². The molecule has 5 rings (SSSR count). The molecule has 2 aromatic heterocycles. The van der Waals surface area contributed by atoms with Gasteiger partial charge in [0.1, 0.15) is 11.7 Å². The number of nitrogens with zero attached hydrogens (tertiary/aromatic N) is 4. The zero-order valence-corrected chi connectivity index (χ0v) is 20.6. The smallest absolute Gasteiger partial charge is 0.135 e. The Morgan fingerprint density at radius 1 is 1.21 bits per heavy atom. The molecule has 0 amide bonds. The third-order valence-corrected chi connectivity index (χ3v) is 7.27. The molecule has 174 valence electrons. The number of aliphatic imine (C=N–C) groups is 1. The zero-order valence-electron chi connectivity index (χ0n) is 18.3. The molecule has 1 aliphatic carbocycles. The first-order valence-corrected chi connectivity index (χ1v) is 12.6. The summed E-state index contributed by atoms with van der Waals surface area (Å²) in [5.41, 5.74) is 9.11. The number of rotatable bonds is 7. The van der Waals surface area contributed by atoms with Gasteiger partial charge in [0, 0.05) is 29.8 Å². The van der Waals surface area contributed by atoms with Crippen LogP contribution in [0, 0.1) is 17.7 Å². The molecule has 2 fully saturated rings. The molecule has 1 aromatic carbocycles. The molecule has 1 saturated carbocycles. The molecule has 2 aliphatic rings. The highest BCUT2D eigenvalue weighted by Gasteiger charge is 2.27. The van der Waals surface area contributed by atoms with E-state index < -0.39 is 5.82 Å². The van der Waals surface area contributed by atoms with E-state index in [1.165, 1.54) is 63.5 Å². The molecule has 0 radical (unpaired) electrons. The number of fused-ring (bicyclic) bond motifs is 1. The van der Waals surface area contributed by atoms with E-state index >= 15 is 0 Å². The molecular weight excluding hydrogens is 507 g/mol. The minimum absolute atomic E-state index is 0.233. The first kappa shape index (κ1) is 22.6. The fourth-order valence-corrected chi connectivity index (χ4v) is 5.02. The van der Waals surface area contributed by atoms with Crippen LogP contribution in [0.4, 0.5) is 15.8 Å². The number of hydrogen-bond acceptors (Lipinski definition) is 4. The maximum atomic E-state index is 13.7. The predicted molar refractivity (Wildman–Crippen MR) is 135 cm³/mol. The van der Waals surface area contributed by atoms with Gasteiger partial charge in [-0.2, -0.15) is 5.10 Å². The highest BCUT2D eigenvalue weighted by atomic mass is 79.9. The normalized spacial score (nSPS) is 18.2. The summed E-state index contributed by atoms with van der Waals surface area (Å²) in [5.74, 6) is 1.35. The second kappa shape index (κ2) is 9.60. The van der Waals surface area contributed by atoms with Gasteiger partial charge in [0.2, 0.25) is 0 Å². The summed E-state index contributed by atoms with van der Waals surface area (Å²) < 4.78 is 16.4. The number of likely N-dealkylation sites (tertiary alicyclic amines) is 1. The van der Waals surface area contributed by atoms with Gasteiger partial charge in [0.25, 0.3) is 0 Å². The van der Waals surface area contributed by atoms with Crippen molar-refractivity contribution in [2.45, 2.75) is 25.7 Å². The van der Waals surface area contributed by atoms with E-state index in [9.17, 15) is 4.39 Å². The van der Waals surface area contributed by atoms with Gasteiger partial charge in [-0.05, 0) is 84.7 Å². The molecule has 0 atom stereocenters. The van der Waals surface area contributed by atoms with Gasteiger partial charge in [-0.1, -0.05) is 11.6 Å². The van der Waals surface area contributed by atoms with Crippen molar-refractivity contribution >= 4 is 50.3 Å². The van der Waals surface area contributed by atoms with Crippen LogP contribution in [-0.2, 0) is 0 Å². The quantitative estimate of drug-likeness (QED) is 0.312. The van der Waals surface area contributed by atoms with Gasteiger partial charge >= 0.3 is 0 Å². The second-order valence-electron chi connectivity index (χ2n) is 9.08. The van der Waals surface area contributed by atoms with Crippen molar-refractivity contribution in [3.05, 3.63) is 57.5 Å². The van der Waals surface area contributed by atoms with Gasteiger partial charge in [-0.3, -0.25) is 0 Å². The summed E-state index contributed by atoms with van der Waals surface area (Å²) in [4.78, 5) is 7.03. The van der Waals surface area contributed by atoms with Gasteiger partial charge in [0.15, 0.2) is 0 Å². The summed E-state index contributed by atoms with van der Waals surface area (Å²) in [6.45, 7) is 4.45. The average Bonchev–Trinajstić information content (AvgIpc) is 3.53. The largest absolute Gasteiger partial charge is 0.383 e. The topological polar surface area (TPSA) is 70.9 Å². The third-order valence-electron chi connectivity index (χ3n) is 6.52. The lowest BCUT2D eigenvalue weighted by Gasteiger charge is -2.32. The lowest BCUT2D eigenvalue weighted by Crippen LogP contribution is -2.37. The molecule has 0 bridgehead atoms. The summed E-state index contributed by atoms with van der Waals surface area (Å²) in [7, 11) is 0. The molecule has 3 heterocycles. The number of halogens is 3. The van der Waals surface area contributed by atoms with Crippen molar-refractivity contribution in [3.8, 4) is 0 Å². The molecule has 0 unspecified atom stereocenters. The van der Waals surface area contributed by atoms with Crippen molar-refractivity contribution in [2.24, 2.45) is 22.6 Å². The maximum Gasteiger partial charge on any atom is 0.135 e. The van der Waals surface area contributed by atoms with Crippen molar-refractivity contribution in [3.63, 3.8) is 0 Å². The second-order valence-corrected chi connectivity index (χ2v) is 10.4. The van der Waals surface area contributed by atoms with Crippen LogP contribution < -0.4 is 11.1 Å². The van der Waals surface area contributed by atoms with Gasteiger partial charge in [0.05, 0.1) is 33.7 Å². The third kappa shape index (κ3) is 5.34. The summed E-state index contributed by atoms with van der Waals surface area (Å²) in [6.07, 6.45) is 8.76. The summed E-state index contributed by atoms with van der Waals surface area (Å²) >= 11 is 9.74. The fourth-order valence-electron chi connectivity index (χ4n) is 4.45. The molecular formula is C24H27BrClFN6. The number of nitrogens with two attached hydrogens (primary N) is 1. The van der Waals surface area contributed by atoms with E-state index in [0.29, 0.717) is 22.2 Å². The van der Waals surface area contributed by atoms with E-state index in [2.05, 4.69) is 36.2 Å². The van der Waals surface area contributed by atoms with Crippen LogP contribution in [0.15, 0.2) is 46.1 Å². The van der Waals surface area contributed by atoms with Crippen molar-refractivity contribution in [1.29, 1.82) is 0 Å². The number of anilines is 1. The molecule has 1 aliphatic heterocycles. The maximum absolute atomic E-state index is 13.7. The van der Waals surface area contributed by atoms with E-state index in [-0.39, 0.29) is 5.84 Å². The summed E-state index contributed by atoms with van der Waals surface area (Å²) in [5, 5.41) is 8.45. The van der Waals surface area contributed by atoms with Crippen LogP contribution in [0.1, 0.15) is 31.2 Å². The molecule has 9 heteroatoms. The molecule has 0 spiro atoms. The Bertz CT molecular complexity index is 1180. The summed E-state index contributed by atoms with van der Waals surface area (Å²) in [6, 6.07) is 6.05. The van der Waals surface area contributed by atoms with Crippen LogP contribution in [0.3, 0.4) is 0 Å². The zero-order chi connectivity index (χ0) is 22.9. The Morgan fingerprint density at radius 2 is 2.00 bits per heavy atom. The van der Waals surface area contributed by atoms with Crippen molar-refractivity contribution < 1.29 is 4.39 Å². The number of benzene rings is 1. The Labute approximate surface area is 206 Å². The first-order valence-electron chi connectivity index (χ1n) is 11.4. The standard InChI is InChI=1S/C24H27BrClFN6/c25-17-9-22-23(29-11-15-5-7-32(8-6-15)13-16-1-2-16)19(12-30-33(22)14-17)24(28)31-21-10-18(27)3-4-20(21)26/h3-4,9-10,12,14-16,29H,1-2,5-8,11,13H2,(H2,28,31). The van der Waals surface area contributed by atoms with Gasteiger partial charge in [-0.15, -0.1) is 0 Å². The molecule has 33 heavy (non-hydrogen) atoms. The molecule has 6 nitrogen and oxygen atoms in total. The number of hydrogen-bond donors (Lipinski definition) is 2. The average molecular weight is 534 g/mol. The number of aromatic nitrogens is 2. The monoisotopic (exact) mass is 532 g/mol. The van der Waals surface area contributed by atoms with Crippen molar-refractivity contribution in [2.75, 3.05) is 31.5 Å². The highest BCUT2D eigenvalue weighted by Crippen LogP contribution is 2.32. The minimum Gasteiger partial charge on any atom is -0.383 e. The molecule has 1 saturated heterocycles. The highest BCUT2D eigenvalue weighted by molar-refractivity contribution is 9.10. The Balaban J connectivity index is 1.38. The Hall–Kier alpha value is -2.16. The Morgan fingerprint density at radius 3 is 2.76 bits per heavy atom. The van der Waals surface area contributed by atoms with E-state index in [1.54, 1.807) is 10.7 Å². The van der Waals surface area contributed by atoms with E-state index in [1.807, 2.05) is 12.3 Å². The number of nitrogens with one attached hydrogen (secondary N) is 1. The van der Waals surface area contributed by atoms with Crippen LogP contribution in [0.2, 0.25) is 5.02 Å².